The zero-order chi connectivity index (χ0) is 17.3. The number of rotatable bonds is 0. The minimum absolute atomic E-state index is 0.432. The number of nitrogens with one attached hydrogen (secondary N) is 1. The first-order chi connectivity index (χ1) is 11.5. The second-order valence-corrected chi connectivity index (χ2v) is 5.28. The van der Waals surface area contributed by atoms with Crippen molar-refractivity contribution in [3.05, 3.63) is 53.9 Å². The molecule has 0 amide bonds. The maximum Gasteiger partial charge on any atom is 0.300 e. The minimum Gasteiger partial charge on any atom is -0.481 e. The topological polar surface area (TPSA) is 113 Å². The number of nitrogens with zero attached hydrogens (tertiary/aromatic N) is 1. The van der Waals surface area contributed by atoms with Crippen molar-refractivity contribution in [1.29, 1.82) is 5.41 Å². The van der Waals surface area contributed by atoms with E-state index in [1.165, 1.54) is 0 Å². The van der Waals surface area contributed by atoms with Gasteiger partial charge in [-0.3, -0.25) is 4.79 Å². The van der Waals surface area contributed by atoms with Crippen LogP contribution in [0.2, 0.25) is 0 Å². The molecule has 2 aromatic rings. The highest BCUT2D eigenvalue weighted by atomic mass is 16.4. The Balaban J connectivity index is 0.000000383. The maximum absolute atomic E-state index is 9.00. The highest BCUT2D eigenvalue weighted by Crippen LogP contribution is 2.30. The molecule has 0 atom stereocenters. The Kier molecular flexibility index (Phi) is 3.87. The summed E-state index contributed by atoms with van der Waals surface area (Å²) in [6.45, 7) is 1.08. The van der Waals surface area contributed by atoms with Crippen molar-refractivity contribution in [2.75, 3.05) is 5.73 Å². The number of carboxylic acid groups (broad SMARTS) is 1. The van der Waals surface area contributed by atoms with Crippen LogP contribution in [0.1, 0.15) is 6.92 Å². The van der Waals surface area contributed by atoms with Gasteiger partial charge in [0.25, 0.3) is 5.97 Å². The van der Waals surface area contributed by atoms with E-state index in [4.69, 9.17) is 25.5 Å². The third-order valence-corrected chi connectivity index (χ3v) is 3.42. The number of hydrogen-bond donors (Lipinski definition) is 3. The maximum atomic E-state index is 9.00. The Labute approximate surface area is 137 Å². The van der Waals surface area contributed by atoms with E-state index in [0.717, 1.165) is 28.9 Å². The van der Waals surface area contributed by atoms with E-state index in [2.05, 4.69) is 4.98 Å². The number of nitrogens with two attached hydrogens (primary N) is 1. The fraction of sp³-hybridized carbons (Fsp3) is 0.0556. The lowest BCUT2D eigenvalue weighted by Gasteiger charge is -2.10. The number of nitrogen functional groups attached to an aromatic ring is 1. The lowest BCUT2D eigenvalue weighted by Crippen LogP contribution is -2.04. The molecule has 0 unspecified atom stereocenters. The molecular weight excluding hydrogens is 306 g/mol. The standard InChI is InChI=1S/C16H11N3O.C2H4O2/c17-9-5-6-13-14(7-9)20-15-8-12(18)10-3-1-2-4-11(10)16(15)19-13;1-2(3)4/h1-8,18H,17H2;1H3,(H,3,4). The Morgan fingerprint density at radius 3 is 2.54 bits per heavy atom. The van der Waals surface area contributed by atoms with Crippen LogP contribution in [0.15, 0.2) is 52.9 Å². The van der Waals surface area contributed by atoms with Gasteiger partial charge in [0.2, 0.25) is 0 Å². The summed E-state index contributed by atoms with van der Waals surface area (Å²) in [5.74, 6) is -0.230. The van der Waals surface area contributed by atoms with Gasteiger partial charge in [0, 0.05) is 35.5 Å². The smallest absolute Gasteiger partial charge is 0.300 e. The Morgan fingerprint density at radius 2 is 1.83 bits per heavy atom. The van der Waals surface area contributed by atoms with Gasteiger partial charge in [-0.1, -0.05) is 24.3 Å². The van der Waals surface area contributed by atoms with E-state index in [1.54, 1.807) is 18.2 Å². The van der Waals surface area contributed by atoms with Crippen LogP contribution < -0.4 is 11.1 Å². The fourth-order valence-electron chi connectivity index (χ4n) is 2.47. The van der Waals surface area contributed by atoms with E-state index in [0.29, 0.717) is 22.4 Å². The fourth-order valence-corrected chi connectivity index (χ4v) is 2.47. The molecule has 4 N–H and O–H groups in total. The Bertz CT molecular complexity index is 1080. The van der Waals surface area contributed by atoms with Crippen molar-refractivity contribution >= 4 is 33.5 Å². The predicted molar refractivity (Wildman–Crippen MR) is 91.7 cm³/mol. The SMILES string of the molecule is CC(=O)O.N=c1cc2oc3cc(N)ccc3nc-2c2ccccc12. The molecule has 6 nitrogen and oxygen atoms in total. The Morgan fingerprint density at radius 1 is 1.17 bits per heavy atom. The average molecular weight is 321 g/mol. The van der Waals surface area contributed by atoms with Crippen LogP contribution in [-0.4, -0.2) is 16.1 Å². The van der Waals surface area contributed by atoms with E-state index >= 15 is 0 Å². The van der Waals surface area contributed by atoms with Crippen LogP contribution >= 0.6 is 0 Å². The molecule has 0 spiro atoms. The lowest BCUT2D eigenvalue weighted by molar-refractivity contribution is -0.134. The molecule has 0 saturated heterocycles. The second kappa shape index (κ2) is 6.00. The molecular formula is C18H15N3O3. The zero-order valence-corrected chi connectivity index (χ0v) is 12.9. The Hall–Kier alpha value is -3.41. The summed E-state index contributed by atoms with van der Waals surface area (Å²) < 4.78 is 5.85. The number of aromatic nitrogens is 1. The number of anilines is 1. The van der Waals surface area contributed by atoms with Crippen LogP contribution in [0.25, 0.3) is 33.3 Å². The molecule has 4 rings (SSSR count). The third kappa shape index (κ3) is 2.89. The highest BCUT2D eigenvalue weighted by molar-refractivity contribution is 5.96. The summed E-state index contributed by atoms with van der Waals surface area (Å²) in [6.07, 6.45) is 0. The molecule has 1 aliphatic carbocycles. The minimum atomic E-state index is -0.833. The number of benzene rings is 3. The number of carboxylic acids is 1. The summed E-state index contributed by atoms with van der Waals surface area (Å²) in [7, 11) is 0. The van der Waals surface area contributed by atoms with E-state index in [-0.39, 0.29) is 0 Å². The van der Waals surface area contributed by atoms with E-state index in [1.807, 2.05) is 30.3 Å². The summed E-state index contributed by atoms with van der Waals surface area (Å²) in [5.41, 5.74) is 8.56. The van der Waals surface area contributed by atoms with Gasteiger partial charge in [-0.15, -0.1) is 0 Å². The van der Waals surface area contributed by atoms with Crippen molar-refractivity contribution in [3.8, 4) is 11.5 Å². The van der Waals surface area contributed by atoms with Crippen molar-refractivity contribution < 1.29 is 14.3 Å². The highest BCUT2D eigenvalue weighted by Gasteiger charge is 2.13. The third-order valence-electron chi connectivity index (χ3n) is 3.42. The number of carbonyl (C=O) groups is 1. The molecule has 0 saturated carbocycles. The molecule has 0 fully saturated rings. The molecule has 1 aliphatic heterocycles. The summed E-state index contributed by atoms with van der Waals surface area (Å²) in [6, 6.07) is 14.8. The summed E-state index contributed by atoms with van der Waals surface area (Å²) in [5, 5.41) is 17.7. The van der Waals surface area contributed by atoms with E-state index < -0.39 is 5.97 Å². The first-order valence-corrected chi connectivity index (χ1v) is 7.21. The van der Waals surface area contributed by atoms with Crippen LogP contribution in [0, 0.1) is 5.41 Å². The van der Waals surface area contributed by atoms with E-state index in [9.17, 15) is 0 Å². The quantitative estimate of drug-likeness (QED) is 0.261. The van der Waals surface area contributed by atoms with Crippen molar-refractivity contribution in [1.82, 2.24) is 4.98 Å². The molecule has 120 valence electrons. The molecule has 0 bridgehead atoms. The van der Waals surface area contributed by atoms with Gasteiger partial charge in [-0.25, -0.2) is 4.98 Å². The van der Waals surface area contributed by atoms with Crippen LogP contribution in [0.4, 0.5) is 5.69 Å². The van der Waals surface area contributed by atoms with Gasteiger partial charge in [0.15, 0.2) is 11.3 Å². The van der Waals surface area contributed by atoms with Crippen molar-refractivity contribution in [2.24, 2.45) is 0 Å². The van der Waals surface area contributed by atoms with Gasteiger partial charge in [-0.05, 0) is 12.1 Å². The van der Waals surface area contributed by atoms with Gasteiger partial charge < -0.3 is 20.7 Å². The van der Waals surface area contributed by atoms with Crippen LogP contribution in [-0.2, 0) is 4.79 Å². The van der Waals surface area contributed by atoms with Gasteiger partial charge in [0.05, 0.1) is 5.36 Å². The normalized spacial score (nSPS) is 10.5. The number of hydrogen-bond acceptors (Lipinski definition) is 5. The number of aliphatic carboxylic acids is 1. The molecule has 24 heavy (non-hydrogen) atoms. The predicted octanol–water partition coefficient (Wildman–Crippen LogP) is 3.24. The van der Waals surface area contributed by atoms with Gasteiger partial charge >= 0.3 is 0 Å². The van der Waals surface area contributed by atoms with Crippen LogP contribution in [0.3, 0.4) is 0 Å². The molecule has 0 radical (unpaired) electrons. The van der Waals surface area contributed by atoms with Crippen LogP contribution in [0.5, 0.6) is 0 Å². The van der Waals surface area contributed by atoms with Gasteiger partial charge in [0.1, 0.15) is 11.2 Å². The van der Waals surface area contributed by atoms with Gasteiger partial charge in [-0.2, -0.15) is 0 Å². The average Bonchev–Trinajstić information content (AvgIpc) is 2.53. The summed E-state index contributed by atoms with van der Waals surface area (Å²) in [4.78, 5) is 13.7. The first kappa shape index (κ1) is 15.5. The molecule has 0 aromatic heterocycles. The molecule has 2 aliphatic rings. The second-order valence-electron chi connectivity index (χ2n) is 5.28. The number of fused-ring (bicyclic) bond motifs is 4. The monoisotopic (exact) mass is 321 g/mol. The first-order valence-electron chi connectivity index (χ1n) is 7.21. The lowest BCUT2D eigenvalue weighted by atomic mass is 10.0. The largest absolute Gasteiger partial charge is 0.481 e. The zero-order valence-electron chi connectivity index (χ0n) is 12.9. The molecule has 1 heterocycles. The van der Waals surface area contributed by atoms with Crippen molar-refractivity contribution in [2.45, 2.75) is 6.92 Å². The molecule has 6 heteroatoms. The molecule has 2 aromatic carbocycles. The summed E-state index contributed by atoms with van der Waals surface area (Å²) >= 11 is 0. The van der Waals surface area contributed by atoms with Crippen molar-refractivity contribution in [3.63, 3.8) is 0 Å².